The molecule has 0 aliphatic carbocycles. The molecule has 1 aromatic heterocycles. The number of oxime groups is 1. The number of rotatable bonds is 6. The predicted octanol–water partition coefficient (Wildman–Crippen LogP) is 1.50. The molecule has 0 saturated heterocycles. The average molecular weight is 273 g/mol. The van der Waals surface area contributed by atoms with Gasteiger partial charge in [-0.3, -0.25) is 0 Å². The lowest BCUT2D eigenvalue weighted by Crippen LogP contribution is -2.21. The van der Waals surface area contributed by atoms with Gasteiger partial charge < -0.3 is 20.4 Å². The molecule has 0 spiro atoms. The Morgan fingerprint density at radius 2 is 2.35 bits per heavy atom. The Bertz CT molecular complexity index is 565. The Hall–Kier alpha value is -2.50. The minimum Gasteiger partial charge on any atom is -0.409 e. The number of aryl methyl sites for hydroxylation is 1. The number of amidine groups is 1. The van der Waals surface area contributed by atoms with Gasteiger partial charge in [0.25, 0.3) is 0 Å². The molecule has 0 aliphatic rings. The molecular weight excluding hydrogens is 254 g/mol. The van der Waals surface area contributed by atoms with Crippen molar-refractivity contribution < 1.29 is 5.21 Å². The quantitative estimate of drug-likeness (QED) is 0.362. The fraction of sp³-hybridized carbons (Fsp3) is 0.286. The zero-order chi connectivity index (χ0) is 14.4. The van der Waals surface area contributed by atoms with Crippen LogP contribution in [-0.2, 0) is 6.54 Å². The highest BCUT2D eigenvalue weighted by Gasteiger charge is 2.04. The lowest BCUT2D eigenvalue weighted by atomic mass is 10.1. The number of nitrogens with two attached hydrogens (primary N) is 1. The fourth-order valence-electron chi connectivity index (χ4n) is 2.00. The predicted molar refractivity (Wildman–Crippen MR) is 79.1 cm³/mol. The van der Waals surface area contributed by atoms with Gasteiger partial charge in [0.15, 0.2) is 5.84 Å². The summed E-state index contributed by atoms with van der Waals surface area (Å²) < 4.78 is 2.06. The summed E-state index contributed by atoms with van der Waals surface area (Å²) in [4.78, 5) is 6.16. The van der Waals surface area contributed by atoms with E-state index < -0.39 is 0 Å². The second-order valence-electron chi connectivity index (χ2n) is 4.61. The molecule has 1 aromatic carbocycles. The second-order valence-corrected chi connectivity index (χ2v) is 4.61. The van der Waals surface area contributed by atoms with Crippen molar-refractivity contribution in [2.75, 3.05) is 18.5 Å². The number of aromatic nitrogens is 2. The molecular formula is C14H19N5O. The molecule has 2 aromatic rings. The van der Waals surface area contributed by atoms with Gasteiger partial charge in [0, 0.05) is 43.8 Å². The fourth-order valence-corrected chi connectivity index (χ4v) is 2.00. The Kier molecular flexibility index (Phi) is 4.60. The third-order valence-electron chi connectivity index (χ3n) is 3.16. The molecule has 106 valence electrons. The van der Waals surface area contributed by atoms with Crippen molar-refractivity contribution in [3.63, 3.8) is 0 Å². The Morgan fingerprint density at radius 3 is 3.05 bits per heavy atom. The van der Waals surface area contributed by atoms with Crippen LogP contribution in [0.25, 0.3) is 0 Å². The van der Waals surface area contributed by atoms with Crippen LogP contribution in [0, 0.1) is 0 Å². The van der Waals surface area contributed by atoms with Gasteiger partial charge in [0.2, 0.25) is 0 Å². The second kappa shape index (κ2) is 6.60. The number of nitrogens with zero attached hydrogens (tertiary/aromatic N) is 4. The molecule has 6 heteroatoms. The molecule has 0 amide bonds. The lowest BCUT2D eigenvalue weighted by molar-refractivity contribution is 0.318. The van der Waals surface area contributed by atoms with Crippen LogP contribution in [-0.4, -0.2) is 34.2 Å². The van der Waals surface area contributed by atoms with E-state index in [9.17, 15) is 0 Å². The highest BCUT2D eigenvalue weighted by Crippen LogP contribution is 2.15. The van der Waals surface area contributed by atoms with Crippen LogP contribution in [0.5, 0.6) is 0 Å². The van der Waals surface area contributed by atoms with Crippen LogP contribution < -0.4 is 10.6 Å². The lowest BCUT2D eigenvalue weighted by Gasteiger charge is -2.20. The molecule has 0 bridgehead atoms. The number of hydrogen-bond donors (Lipinski definition) is 2. The molecule has 6 nitrogen and oxygen atoms in total. The van der Waals surface area contributed by atoms with E-state index in [0.717, 1.165) is 25.2 Å². The normalized spacial score (nSPS) is 11.6. The van der Waals surface area contributed by atoms with Crippen molar-refractivity contribution in [1.82, 2.24) is 9.55 Å². The summed E-state index contributed by atoms with van der Waals surface area (Å²) in [6, 6.07) is 7.63. The maximum atomic E-state index is 8.71. The summed E-state index contributed by atoms with van der Waals surface area (Å²) >= 11 is 0. The largest absolute Gasteiger partial charge is 0.409 e. The molecule has 2 rings (SSSR count). The van der Waals surface area contributed by atoms with E-state index >= 15 is 0 Å². The van der Waals surface area contributed by atoms with E-state index in [-0.39, 0.29) is 5.84 Å². The van der Waals surface area contributed by atoms with Gasteiger partial charge in [0.05, 0.1) is 6.33 Å². The summed E-state index contributed by atoms with van der Waals surface area (Å²) in [5.74, 6) is 0.124. The molecule has 0 radical (unpaired) electrons. The van der Waals surface area contributed by atoms with Crippen LogP contribution in [0.4, 0.5) is 5.69 Å². The Balaban J connectivity index is 1.93. The van der Waals surface area contributed by atoms with Crippen LogP contribution in [0.15, 0.2) is 48.1 Å². The van der Waals surface area contributed by atoms with E-state index in [1.54, 1.807) is 6.20 Å². The molecule has 0 aliphatic heterocycles. The Morgan fingerprint density at radius 1 is 1.50 bits per heavy atom. The highest BCUT2D eigenvalue weighted by molar-refractivity contribution is 5.97. The molecule has 0 fully saturated rings. The summed E-state index contributed by atoms with van der Waals surface area (Å²) in [5, 5.41) is 11.7. The maximum absolute atomic E-state index is 8.71. The van der Waals surface area contributed by atoms with E-state index in [4.69, 9.17) is 10.9 Å². The molecule has 3 N–H and O–H groups in total. The van der Waals surface area contributed by atoms with Crippen molar-refractivity contribution >= 4 is 11.5 Å². The van der Waals surface area contributed by atoms with E-state index in [2.05, 4.69) is 19.6 Å². The standard InChI is InChI=1S/C14H19N5O/c1-18(7-3-8-19-9-6-16-11-19)13-5-2-4-12(10-13)14(15)17-20/h2,4-6,9-11,20H,3,7-8H2,1H3,(H2,15,17). The third-order valence-corrected chi connectivity index (χ3v) is 3.16. The first-order valence-corrected chi connectivity index (χ1v) is 6.45. The third kappa shape index (κ3) is 3.50. The van der Waals surface area contributed by atoms with Crippen molar-refractivity contribution in [2.24, 2.45) is 10.9 Å². The monoisotopic (exact) mass is 273 g/mol. The molecule has 0 unspecified atom stereocenters. The zero-order valence-corrected chi connectivity index (χ0v) is 11.5. The molecule has 0 atom stereocenters. The number of hydrogen-bond acceptors (Lipinski definition) is 4. The SMILES string of the molecule is CN(CCCn1ccnc1)c1cccc(C(N)=NO)c1. The number of benzene rings is 1. The van der Waals surface area contributed by atoms with Gasteiger partial charge >= 0.3 is 0 Å². The van der Waals surface area contributed by atoms with Crippen LogP contribution in [0.2, 0.25) is 0 Å². The smallest absolute Gasteiger partial charge is 0.170 e. The summed E-state index contributed by atoms with van der Waals surface area (Å²) in [7, 11) is 2.03. The first-order chi connectivity index (χ1) is 9.70. The van der Waals surface area contributed by atoms with Gasteiger partial charge in [-0.25, -0.2) is 4.98 Å². The number of imidazole rings is 1. The Labute approximate surface area is 118 Å². The van der Waals surface area contributed by atoms with Crippen LogP contribution in [0.3, 0.4) is 0 Å². The van der Waals surface area contributed by atoms with Crippen LogP contribution in [0.1, 0.15) is 12.0 Å². The molecule has 20 heavy (non-hydrogen) atoms. The van der Waals surface area contributed by atoms with Gasteiger partial charge in [-0.1, -0.05) is 17.3 Å². The van der Waals surface area contributed by atoms with E-state index in [1.165, 1.54) is 0 Å². The zero-order valence-electron chi connectivity index (χ0n) is 11.5. The summed E-state index contributed by atoms with van der Waals surface area (Å²) in [6.07, 6.45) is 6.57. The summed E-state index contributed by atoms with van der Waals surface area (Å²) in [6.45, 7) is 1.85. The molecule has 1 heterocycles. The van der Waals surface area contributed by atoms with Gasteiger partial charge in [-0.2, -0.15) is 0 Å². The van der Waals surface area contributed by atoms with E-state index in [0.29, 0.717) is 5.56 Å². The van der Waals surface area contributed by atoms with Crippen LogP contribution >= 0.6 is 0 Å². The average Bonchev–Trinajstić information content (AvgIpc) is 2.99. The molecule has 0 saturated carbocycles. The topological polar surface area (TPSA) is 79.7 Å². The van der Waals surface area contributed by atoms with Gasteiger partial charge in [-0.15, -0.1) is 0 Å². The first kappa shape index (κ1) is 13.9. The van der Waals surface area contributed by atoms with Crippen molar-refractivity contribution in [1.29, 1.82) is 0 Å². The van der Waals surface area contributed by atoms with Gasteiger partial charge in [-0.05, 0) is 18.6 Å². The van der Waals surface area contributed by atoms with Crippen molar-refractivity contribution in [3.05, 3.63) is 48.5 Å². The van der Waals surface area contributed by atoms with Crippen molar-refractivity contribution in [2.45, 2.75) is 13.0 Å². The minimum atomic E-state index is 0.124. The van der Waals surface area contributed by atoms with E-state index in [1.807, 2.05) is 43.8 Å². The summed E-state index contributed by atoms with van der Waals surface area (Å²) in [5.41, 5.74) is 7.35. The first-order valence-electron chi connectivity index (χ1n) is 6.45. The maximum Gasteiger partial charge on any atom is 0.170 e. The minimum absolute atomic E-state index is 0.124. The number of anilines is 1. The van der Waals surface area contributed by atoms with Crippen molar-refractivity contribution in [3.8, 4) is 0 Å². The van der Waals surface area contributed by atoms with Gasteiger partial charge in [0.1, 0.15) is 0 Å². The highest BCUT2D eigenvalue weighted by atomic mass is 16.4.